The van der Waals surface area contributed by atoms with Crippen molar-refractivity contribution >= 4 is 29.6 Å². The second kappa shape index (κ2) is 18.9. The van der Waals surface area contributed by atoms with E-state index in [1.165, 1.54) is 93.0 Å². The fraction of sp³-hybridized carbons (Fsp3) is 0.645. The summed E-state index contributed by atoms with van der Waals surface area (Å²) in [7, 11) is 0. The van der Waals surface area contributed by atoms with Gasteiger partial charge in [-0.3, -0.25) is 4.79 Å². The molecule has 3 N–H and O–H groups in total. The lowest BCUT2D eigenvalue weighted by molar-refractivity contribution is -0.138. The van der Waals surface area contributed by atoms with Gasteiger partial charge < -0.3 is 15.5 Å². The van der Waals surface area contributed by atoms with E-state index in [4.69, 9.17) is 5.11 Å². The largest absolute Gasteiger partial charge is 0.480 e. The number of aromatic carboxylic acids is 1. The van der Waals surface area contributed by atoms with Crippen molar-refractivity contribution in [1.82, 2.24) is 5.32 Å². The van der Waals surface area contributed by atoms with Crippen molar-refractivity contribution in [3.8, 4) is 0 Å². The Morgan fingerprint density at radius 2 is 1.37 bits per heavy atom. The lowest BCUT2D eigenvalue weighted by Gasteiger charge is -2.15. The first-order valence-corrected chi connectivity index (χ1v) is 15.2. The highest BCUT2D eigenvalue weighted by molar-refractivity contribution is 7.99. The summed E-state index contributed by atoms with van der Waals surface area (Å²) in [4.78, 5) is 34.9. The van der Waals surface area contributed by atoms with Gasteiger partial charge >= 0.3 is 11.9 Å². The summed E-state index contributed by atoms with van der Waals surface area (Å²) in [5.74, 6) is 0.648. The van der Waals surface area contributed by atoms with Crippen LogP contribution < -0.4 is 5.32 Å². The zero-order valence-electron chi connectivity index (χ0n) is 24.0. The number of carboxylic acid groups (broad SMARTS) is 2. The third kappa shape index (κ3) is 15.2. The molecule has 0 heterocycles. The van der Waals surface area contributed by atoms with E-state index in [0.717, 1.165) is 24.2 Å². The molecule has 38 heavy (non-hydrogen) atoms. The molecule has 1 aromatic rings. The number of benzene rings is 1. The van der Waals surface area contributed by atoms with Crippen molar-refractivity contribution in [2.45, 2.75) is 98.4 Å². The zero-order chi connectivity index (χ0) is 28.5. The van der Waals surface area contributed by atoms with Crippen LogP contribution in [0.5, 0.6) is 0 Å². The molecule has 0 radical (unpaired) electrons. The molecule has 0 aliphatic rings. The molecule has 6 nitrogen and oxygen atoms in total. The summed E-state index contributed by atoms with van der Waals surface area (Å²) in [5.41, 5.74) is 1.62. The maximum atomic E-state index is 12.4. The number of carbonyl (C=O) groups is 3. The molecule has 1 aromatic carbocycles. The monoisotopic (exact) mass is 547 g/mol. The maximum Gasteiger partial charge on any atom is 0.335 e. The van der Waals surface area contributed by atoms with Crippen LogP contribution in [-0.4, -0.2) is 45.6 Å². The minimum atomic E-state index is -1.09. The number of hydrogen-bond donors (Lipinski definition) is 3. The summed E-state index contributed by atoms with van der Waals surface area (Å²) in [6, 6.07) is 4.40. The molecule has 3 atom stereocenters. The first kappa shape index (κ1) is 33.7. The molecule has 1 amide bonds. The number of amides is 1. The summed E-state index contributed by atoms with van der Waals surface area (Å²) in [6.45, 7) is 11.5. The standard InChI is InChI=1S/C31H49NO5S/c1-22(2)9-6-10-23(3)11-7-12-24(4)13-8-14-25(5)19-20-38-21-28(31(36)37)32-29(33)26-15-17-27(18-16-26)30(34)35/h15-19,22-24,28H,6-14,20-21H2,1-5H3,(H,32,33)(H,34,35)(H,36,37)/b25-19+. The van der Waals surface area contributed by atoms with Gasteiger partial charge in [-0.05, 0) is 61.8 Å². The van der Waals surface area contributed by atoms with E-state index in [1.807, 2.05) is 0 Å². The van der Waals surface area contributed by atoms with Gasteiger partial charge in [0.1, 0.15) is 6.04 Å². The van der Waals surface area contributed by atoms with Crippen LogP contribution in [0.4, 0.5) is 0 Å². The lowest BCUT2D eigenvalue weighted by Crippen LogP contribution is -2.42. The Labute approximate surface area is 234 Å². The third-order valence-electron chi connectivity index (χ3n) is 6.97. The number of allylic oxidation sites excluding steroid dienone is 1. The Morgan fingerprint density at radius 1 is 0.842 bits per heavy atom. The Kier molecular flexibility index (Phi) is 16.8. The molecule has 0 aliphatic heterocycles. The van der Waals surface area contributed by atoms with Gasteiger partial charge in [0, 0.05) is 17.1 Å². The van der Waals surface area contributed by atoms with Gasteiger partial charge in [0.2, 0.25) is 0 Å². The predicted molar refractivity (Wildman–Crippen MR) is 158 cm³/mol. The van der Waals surface area contributed by atoms with Crippen LogP contribution in [-0.2, 0) is 4.79 Å². The highest BCUT2D eigenvalue weighted by Crippen LogP contribution is 2.22. The van der Waals surface area contributed by atoms with Crippen LogP contribution in [0.15, 0.2) is 35.9 Å². The van der Waals surface area contributed by atoms with Crippen molar-refractivity contribution in [1.29, 1.82) is 0 Å². The van der Waals surface area contributed by atoms with Gasteiger partial charge in [-0.25, -0.2) is 9.59 Å². The smallest absolute Gasteiger partial charge is 0.335 e. The van der Waals surface area contributed by atoms with Crippen molar-refractivity contribution in [3.63, 3.8) is 0 Å². The van der Waals surface area contributed by atoms with Gasteiger partial charge in [-0.15, -0.1) is 0 Å². The fourth-order valence-electron chi connectivity index (χ4n) is 4.38. The first-order valence-electron chi connectivity index (χ1n) is 14.1. The van der Waals surface area contributed by atoms with Crippen molar-refractivity contribution in [2.24, 2.45) is 17.8 Å². The highest BCUT2D eigenvalue weighted by atomic mass is 32.2. The van der Waals surface area contributed by atoms with E-state index in [0.29, 0.717) is 5.75 Å². The van der Waals surface area contributed by atoms with E-state index in [-0.39, 0.29) is 16.9 Å². The molecule has 214 valence electrons. The molecule has 0 spiro atoms. The number of rotatable bonds is 20. The molecule has 7 heteroatoms. The van der Waals surface area contributed by atoms with Crippen LogP contribution in [0, 0.1) is 17.8 Å². The molecule has 0 saturated heterocycles. The summed E-state index contributed by atoms with van der Waals surface area (Å²) >= 11 is 1.47. The number of thioether (sulfide) groups is 1. The quantitative estimate of drug-likeness (QED) is 0.114. The number of nitrogens with one attached hydrogen (secondary N) is 1. The summed E-state index contributed by atoms with van der Waals surface area (Å²) < 4.78 is 0. The Balaban J connectivity index is 2.27. The van der Waals surface area contributed by atoms with Crippen LogP contribution in [0.1, 0.15) is 113 Å². The second-order valence-electron chi connectivity index (χ2n) is 11.2. The van der Waals surface area contributed by atoms with Gasteiger partial charge in [-0.1, -0.05) is 84.3 Å². The number of hydrogen-bond acceptors (Lipinski definition) is 4. The Bertz CT molecular complexity index is 881. The molecule has 0 aromatic heterocycles. The summed E-state index contributed by atoms with van der Waals surface area (Å²) in [5, 5.41) is 21.0. The molecule has 0 bridgehead atoms. The average Bonchev–Trinajstić information content (AvgIpc) is 2.85. The van der Waals surface area contributed by atoms with E-state index in [9.17, 15) is 19.5 Å². The van der Waals surface area contributed by atoms with Crippen LogP contribution in [0.3, 0.4) is 0 Å². The minimum absolute atomic E-state index is 0.0704. The van der Waals surface area contributed by atoms with Gasteiger partial charge in [-0.2, -0.15) is 11.8 Å². The van der Waals surface area contributed by atoms with Crippen LogP contribution in [0.2, 0.25) is 0 Å². The van der Waals surface area contributed by atoms with Crippen molar-refractivity contribution in [2.75, 3.05) is 11.5 Å². The van der Waals surface area contributed by atoms with E-state index >= 15 is 0 Å². The third-order valence-corrected chi connectivity index (χ3v) is 7.94. The molecule has 0 saturated carbocycles. The van der Waals surface area contributed by atoms with E-state index < -0.39 is 23.9 Å². The molecular formula is C31H49NO5S. The Hall–Kier alpha value is -2.28. The van der Waals surface area contributed by atoms with E-state index in [2.05, 4.69) is 46.0 Å². The molecule has 0 fully saturated rings. The summed E-state index contributed by atoms with van der Waals surface area (Å²) in [6.07, 6.45) is 13.6. The van der Waals surface area contributed by atoms with Crippen molar-refractivity contribution < 1.29 is 24.6 Å². The topological polar surface area (TPSA) is 104 Å². The van der Waals surface area contributed by atoms with Gasteiger partial charge in [0.15, 0.2) is 0 Å². The SMILES string of the molecule is C/C(=C\CSCC(NC(=O)c1ccc(C(=O)O)cc1)C(=O)O)CCCC(C)CCCC(C)CCCC(C)C. The second-order valence-corrected chi connectivity index (χ2v) is 12.3. The van der Waals surface area contributed by atoms with Gasteiger partial charge in [0.05, 0.1) is 5.56 Å². The van der Waals surface area contributed by atoms with Crippen LogP contribution >= 0.6 is 11.8 Å². The number of carboxylic acids is 2. The molecule has 1 rings (SSSR count). The first-order chi connectivity index (χ1) is 18.0. The zero-order valence-corrected chi connectivity index (χ0v) is 24.8. The average molecular weight is 548 g/mol. The molecule has 0 aliphatic carbocycles. The number of aliphatic carboxylic acids is 1. The fourth-order valence-corrected chi connectivity index (χ4v) is 5.38. The van der Waals surface area contributed by atoms with Crippen molar-refractivity contribution in [3.05, 3.63) is 47.0 Å². The van der Waals surface area contributed by atoms with Gasteiger partial charge in [0.25, 0.3) is 5.91 Å². The Morgan fingerprint density at radius 3 is 1.89 bits per heavy atom. The maximum absolute atomic E-state index is 12.4. The lowest BCUT2D eigenvalue weighted by atomic mass is 9.91. The van der Waals surface area contributed by atoms with Crippen LogP contribution in [0.25, 0.3) is 0 Å². The minimum Gasteiger partial charge on any atom is -0.480 e. The molecular weight excluding hydrogens is 498 g/mol. The predicted octanol–water partition coefficient (Wildman–Crippen LogP) is 7.69. The normalized spacial score (nSPS) is 14.2. The number of carbonyl (C=O) groups excluding carboxylic acids is 1. The highest BCUT2D eigenvalue weighted by Gasteiger charge is 2.20. The van der Waals surface area contributed by atoms with E-state index in [1.54, 1.807) is 0 Å². The molecule has 3 unspecified atom stereocenters.